The molecular weight excluding hydrogens is 264 g/mol. The summed E-state index contributed by atoms with van der Waals surface area (Å²) in [5, 5.41) is 4.36. The Balaban J connectivity index is 2.21. The molecule has 2 N–H and O–H groups in total. The summed E-state index contributed by atoms with van der Waals surface area (Å²) in [5.74, 6) is -0.0497. The predicted octanol–water partition coefficient (Wildman–Crippen LogP) is 2.72. The van der Waals surface area contributed by atoms with E-state index in [-0.39, 0.29) is 11.9 Å². The van der Waals surface area contributed by atoms with E-state index in [0.717, 1.165) is 18.5 Å². The smallest absolute Gasteiger partial charge is 0.274 e. The number of nitrogens with zero attached hydrogens (tertiary/aromatic N) is 3. The third kappa shape index (κ3) is 3.24. The second-order valence-electron chi connectivity index (χ2n) is 5.13. The summed E-state index contributed by atoms with van der Waals surface area (Å²) in [6.45, 7) is 4.17. The molecule has 1 amide bonds. The zero-order valence-electron chi connectivity index (χ0n) is 12.8. The van der Waals surface area contributed by atoms with E-state index < -0.39 is 0 Å². The summed E-state index contributed by atoms with van der Waals surface area (Å²) in [7, 11) is 1.83. The molecule has 21 heavy (non-hydrogen) atoms. The zero-order valence-corrected chi connectivity index (χ0v) is 12.8. The molecule has 1 aromatic heterocycles. The molecule has 0 radical (unpaired) electrons. The first-order valence-corrected chi connectivity index (χ1v) is 7.25. The van der Waals surface area contributed by atoms with E-state index in [0.29, 0.717) is 11.4 Å². The quantitative estimate of drug-likeness (QED) is 0.859. The van der Waals surface area contributed by atoms with Crippen LogP contribution in [-0.4, -0.2) is 33.7 Å². The molecule has 0 fully saturated rings. The van der Waals surface area contributed by atoms with Gasteiger partial charge in [-0.3, -0.25) is 4.79 Å². The Morgan fingerprint density at radius 2 is 2.05 bits per heavy atom. The first-order valence-electron chi connectivity index (χ1n) is 7.25. The van der Waals surface area contributed by atoms with Crippen LogP contribution in [0, 0.1) is 0 Å². The molecule has 0 spiro atoms. The lowest BCUT2D eigenvalue weighted by atomic mass is 10.1. The van der Waals surface area contributed by atoms with Gasteiger partial charge in [0, 0.05) is 25.0 Å². The number of amides is 1. The van der Waals surface area contributed by atoms with E-state index in [2.05, 4.69) is 18.9 Å². The Kier molecular flexibility index (Phi) is 4.62. The van der Waals surface area contributed by atoms with Crippen LogP contribution >= 0.6 is 0 Å². The van der Waals surface area contributed by atoms with Crippen molar-refractivity contribution in [1.29, 1.82) is 0 Å². The molecule has 0 bridgehead atoms. The molecule has 2 aromatic rings. The van der Waals surface area contributed by atoms with Crippen molar-refractivity contribution in [3.63, 3.8) is 0 Å². The van der Waals surface area contributed by atoms with Crippen LogP contribution in [0.15, 0.2) is 36.5 Å². The van der Waals surface area contributed by atoms with Crippen molar-refractivity contribution < 1.29 is 4.79 Å². The van der Waals surface area contributed by atoms with Crippen LogP contribution < -0.4 is 5.73 Å². The van der Waals surface area contributed by atoms with Crippen molar-refractivity contribution in [3.05, 3.63) is 42.2 Å². The fourth-order valence-electron chi connectivity index (χ4n) is 2.43. The normalized spacial score (nSPS) is 10.9. The highest BCUT2D eigenvalue weighted by Crippen LogP contribution is 2.14. The van der Waals surface area contributed by atoms with Crippen molar-refractivity contribution in [2.45, 2.75) is 32.7 Å². The third-order valence-electron chi connectivity index (χ3n) is 3.75. The first kappa shape index (κ1) is 15.1. The van der Waals surface area contributed by atoms with Crippen molar-refractivity contribution >= 4 is 11.6 Å². The Morgan fingerprint density at radius 1 is 1.33 bits per heavy atom. The summed E-state index contributed by atoms with van der Waals surface area (Å²) in [6.07, 6.45) is 3.66. The highest BCUT2D eigenvalue weighted by molar-refractivity contribution is 5.92. The number of benzene rings is 1. The average Bonchev–Trinajstić information content (AvgIpc) is 2.97. The SMILES string of the molecule is CCC(CC)N(C)C(=O)c1ccn(-c2cccc(N)c2)n1. The van der Waals surface area contributed by atoms with Gasteiger partial charge in [0.2, 0.25) is 0 Å². The van der Waals surface area contributed by atoms with Crippen LogP contribution in [-0.2, 0) is 0 Å². The average molecular weight is 286 g/mol. The van der Waals surface area contributed by atoms with Gasteiger partial charge in [0.15, 0.2) is 5.69 Å². The minimum atomic E-state index is -0.0497. The molecule has 5 nitrogen and oxygen atoms in total. The molecule has 1 heterocycles. The molecule has 2 rings (SSSR count). The van der Waals surface area contributed by atoms with Gasteiger partial charge in [-0.05, 0) is 37.1 Å². The Morgan fingerprint density at radius 3 is 2.67 bits per heavy atom. The van der Waals surface area contributed by atoms with Crippen molar-refractivity contribution in [3.8, 4) is 5.69 Å². The van der Waals surface area contributed by atoms with E-state index in [4.69, 9.17) is 5.73 Å². The summed E-state index contributed by atoms with van der Waals surface area (Å²) in [6, 6.07) is 9.40. The number of anilines is 1. The second-order valence-corrected chi connectivity index (χ2v) is 5.13. The first-order chi connectivity index (χ1) is 10.1. The van der Waals surface area contributed by atoms with Crippen molar-refractivity contribution in [2.75, 3.05) is 12.8 Å². The Bertz CT molecular complexity index is 616. The van der Waals surface area contributed by atoms with E-state index in [1.165, 1.54) is 0 Å². The van der Waals surface area contributed by atoms with Crippen molar-refractivity contribution in [1.82, 2.24) is 14.7 Å². The van der Waals surface area contributed by atoms with Gasteiger partial charge in [-0.15, -0.1) is 0 Å². The lowest BCUT2D eigenvalue weighted by molar-refractivity contribution is 0.0717. The number of aromatic nitrogens is 2. The number of hydrogen-bond acceptors (Lipinski definition) is 3. The molecule has 0 unspecified atom stereocenters. The van der Waals surface area contributed by atoms with Gasteiger partial charge < -0.3 is 10.6 Å². The molecule has 1 aromatic carbocycles. The van der Waals surface area contributed by atoms with Gasteiger partial charge in [0.1, 0.15) is 0 Å². The molecule has 0 atom stereocenters. The third-order valence-corrected chi connectivity index (χ3v) is 3.75. The number of carbonyl (C=O) groups excluding carboxylic acids is 1. The summed E-state index contributed by atoms with van der Waals surface area (Å²) in [4.78, 5) is 14.2. The number of rotatable bonds is 5. The largest absolute Gasteiger partial charge is 0.399 e. The Hall–Kier alpha value is -2.30. The van der Waals surface area contributed by atoms with E-state index >= 15 is 0 Å². The van der Waals surface area contributed by atoms with Gasteiger partial charge >= 0.3 is 0 Å². The molecule has 112 valence electrons. The fraction of sp³-hybridized carbons (Fsp3) is 0.375. The summed E-state index contributed by atoms with van der Waals surface area (Å²) in [5.41, 5.74) is 7.74. The van der Waals surface area contributed by atoms with Crippen LogP contribution in [0.2, 0.25) is 0 Å². The van der Waals surface area contributed by atoms with Gasteiger partial charge in [-0.1, -0.05) is 19.9 Å². The molecule has 0 saturated heterocycles. The predicted molar refractivity (Wildman–Crippen MR) is 84.4 cm³/mol. The summed E-state index contributed by atoms with van der Waals surface area (Å²) >= 11 is 0. The highest BCUT2D eigenvalue weighted by Gasteiger charge is 2.20. The highest BCUT2D eigenvalue weighted by atomic mass is 16.2. The lowest BCUT2D eigenvalue weighted by Crippen LogP contribution is -2.36. The standard InChI is InChI=1S/C16H22N4O/c1-4-13(5-2)19(3)16(21)15-9-10-20(18-15)14-8-6-7-12(17)11-14/h6-11,13H,4-5,17H2,1-3H3. The number of hydrogen-bond donors (Lipinski definition) is 1. The van der Waals surface area contributed by atoms with E-state index in [9.17, 15) is 4.79 Å². The van der Waals surface area contributed by atoms with Gasteiger partial charge in [0.05, 0.1) is 5.69 Å². The number of nitrogens with two attached hydrogens (primary N) is 1. The van der Waals surface area contributed by atoms with Crippen LogP contribution in [0.5, 0.6) is 0 Å². The van der Waals surface area contributed by atoms with Gasteiger partial charge in [0.25, 0.3) is 5.91 Å². The van der Waals surface area contributed by atoms with Crippen LogP contribution in [0.25, 0.3) is 5.69 Å². The maximum absolute atomic E-state index is 12.4. The number of carbonyl (C=O) groups is 1. The maximum atomic E-state index is 12.4. The fourth-order valence-corrected chi connectivity index (χ4v) is 2.43. The molecular formula is C16H22N4O. The van der Waals surface area contributed by atoms with E-state index in [1.807, 2.05) is 31.3 Å². The van der Waals surface area contributed by atoms with Crippen LogP contribution in [0.1, 0.15) is 37.2 Å². The van der Waals surface area contributed by atoms with Gasteiger partial charge in [-0.2, -0.15) is 5.10 Å². The minimum Gasteiger partial charge on any atom is -0.399 e. The zero-order chi connectivity index (χ0) is 15.4. The topological polar surface area (TPSA) is 64.2 Å². The minimum absolute atomic E-state index is 0.0497. The summed E-state index contributed by atoms with van der Waals surface area (Å²) < 4.78 is 1.67. The lowest BCUT2D eigenvalue weighted by Gasteiger charge is -2.25. The molecule has 5 heteroatoms. The molecule has 0 saturated carbocycles. The molecule has 0 aliphatic rings. The van der Waals surface area contributed by atoms with Gasteiger partial charge in [-0.25, -0.2) is 4.68 Å². The van der Waals surface area contributed by atoms with E-state index in [1.54, 1.807) is 21.8 Å². The second kappa shape index (κ2) is 6.43. The van der Waals surface area contributed by atoms with Crippen LogP contribution in [0.4, 0.5) is 5.69 Å². The monoisotopic (exact) mass is 286 g/mol. The number of nitrogen functional groups attached to an aromatic ring is 1. The maximum Gasteiger partial charge on any atom is 0.274 e. The molecule has 0 aliphatic carbocycles. The molecule has 0 aliphatic heterocycles. The van der Waals surface area contributed by atoms with Crippen molar-refractivity contribution in [2.24, 2.45) is 0 Å². The Labute approximate surface area is 125 Å². The van der Waals surface area contributed by atoms with Crippen LogP contribution in [0.3, 0.4) is 0 Å².